The van der Waals surface area contributed by atoms with E-state index in [-0.39, 0.29) is 28.7 Å². The molecule has 1 aliphatic rings. The molecule has 0 aliphatic carbocycles. The quantitative estimate of drug-likeness (QED) is 0.682. The summed E-state index contributed by atoms with van der Waals surface area (Å²) in [7, 11) is -1.35. The largest absolute Gasteiger partial charge is 0.467 e. The lowest BCUT2D eigenvalue weighted by atomic mass is 10.2. The zero-order valence-electron chi connectivity index (χ0n) is 14.4. The number of nitrogens with one attached hydrogen (secondary N) is 1. The molecule has 142 valence electrons. The third-order valence-corrected chi connectivity index (χ3v) is 7.93. The molecule has 26 heavy (non-hydrogen) atoms. The van der Waals surface area contributed by atoms with Crippen molar-refractivity contribution in [3.05, 3.63) is 24.2 Å². The molecule has 0 radical (unpaired) electrons. The maximum absolute atomic E-state index is 12.6. The minimum atomic E-state index is -3.02. The van der Waals surface area contributed by atoms with Gasteiger partial charge in [0.2, 0.25) is 11.0 Å². The lowest BCUT2D eigenvalue weighted by Crippen LogP contribution is -2.41. The zero-order valence-corrected chi connectivity index (χ0v) is 16.9. The van der Waals surface area contributed by atoms with Crippen LogP contribution in [0.4, 0.5) is 5.13 Å². The monoisotopic (exact) mass is 416 g/mol. The Kier molecular flexibility index (Phi) is 5.88. The number of sulfone groups is 1. The van der Waals surface area contributed by atoms with Crippen LogP contribution in [-0.4, -0.2) is 59.3 Å². The number of amides is 1. The molecule has 1 N–H and O–H groups in total. The molecule has 0 bridgehead atoms. The molecule has 0 spiro atoms. The molecule has 0 unspecified atom stereocenters. The molecule has 1 amide bonds. The molecule has 1 aliphatic heterocycles. The van der Waals surface area contributed by atoms with Gasteiger partial charge in [0.15, 0.2) is 14.2 Å². The van der Waals surface area contributed by atoms with Gasteiger partial charge in [0, 0.05) is 13.1 Å². The predicted octanol–water partition coefficient (Wildman–Crippen LogP) is 1.87. The van der Waals surface area contributed by atoms with Crippen LogP contribution >= 0.6 is 23.1 Å². The molecule has 2 aromatic heterocycles. The van der Waals surface area contributed by atoms with Gasteiger partial charge in [0.25, 0.3) is 0 Å². The first kappa shape index (κ1) is 19.2. The van der Waals surface area contributed by atoms with E-state index < -0.39 is 9.84 Å². The Balaban J connectivity index is 1.52. The molecule has 2 atom stereocenters. The average Bonchev–Trinajstić information content (AvgIpc) is 3.32. The van der Waals surface area contributed by atoms with Crippen molar-refractivity contribution in [1.82, 2.24) is 15.1 Å². The molecule has 3 heterocycles. The summed E-state index contributed by atoms with van der Waals surface area (Å²) >= 11 is 2.69. The van der Waals surface area contributed by atoms with Gasteiger partial charge in [-0.05, 0) is 25.5 Å². The second-order valence-corrected chi connectivity index (χ2v) is 10.9. The first-order chi connectivity index (χ1) is 12.3. The third kappa shape index (κ3) is 4.77. The summed E-state index contributed by atoms with van der Waals surface area (Å²) in [5.74, 6) is 0.896. The van der Waals surface area contributed by atoms with Crippen molar-refractivity contribution in [2.75, 3.05) is 23.9 Å². The highest BCUT2D eigenvalue weighted by molar-refractivity contribution is 8.02. The van der Waals surface area contributed by atoms with E-state index in [0.29, 0.717) is 22.4 Å². The Bertz CT molecular complexity index is 850. The van der Waals surface area contributed by atoms with E-state index in [2.05, 4.69) is 15.5 Å². The Morgan fingerprint density at radius 1 is 1.54 bits per heavy atom. The van der Waals surface area contributed by atoms with Crippen molar-refractivity contribution in [3.63, 3.8) is 0 Å². The summed E-state index contributed by atoms with van der Waals surface area (Å²) in [4.78, 5) is 14.1. The fourth-order valence-corrected chi connectivity index (χ4v) is 6.42. The number of furan rings is 1. The molecular weight excluding hydrogens is 396 g/mol. The smallest absolute Gasteiger partial charge is 0.235 e. The van der Waals surface area contributed by atoms with Crippen LogP contribution in [0.2, 0.25) is 0 Å². The summed E-state index contributed by atoms with van der Waals surface area (Å²) in [5, 5.41) is 11.6. The number of anilines is 1. The Morgan fingerprint density at radius 3 is 3.00 bits per heavy atom. The van der Waals surface area contributed by atoms with E-state index in [1.54, 1.807) is 25.1 Å². The minimum Gasteiger partial charge on any atom is -0.467 e. The SMILES string of the molecule is C[C@H](Sc1nnc(NCc2ccco2)s1)C(=O)N(C)[C@H]1CCS(=O)(=O)C1. The minimum absolute atomic E-state index is 0.0479. The van der Waals surface area contributed by atoms with Gasteiger partial charge in [0.05, 0.1) is 29.6 Å². The Morgan fingerprint density at radius 2 is 2.35 bits per heavy atom. The normalized spacial score (nSPS) is 20.0. The molecule has 8 nitrogen and oxygen atoms in total. The topological polar surface area (TPSA) is 105 Å². The number of nitrogens with zero attached hydrogens (tertiary/aromatic N) is 3. The first-order valence-electron chi connectivity index (χ1n) is 8.07. The lowest BCUT2D eigenvalue weighted by molar-refractivity contribution is -0.130. The Labute approximate surface area is 160 Å². The molecule has 1 saturated heterocycles. The van der Waals surface area contributed by atoms with Crippen LogP contribution in [0.5, 0.6) is 0 Å². The molecule has 11 heteroatoms. The van der Waals surface area contributed by atoms with E-state index in [1.807, 2.05) is 12.1 Å². The van der Waals surface area contributed by atoms with Crippen molar-refractivity contribution in [3.8, 4) is 0 Å². The van der Waals surface area contributed by atoms with Gasteiger partial charge in [-0.15, -0.1) is 10.2 Å². The fraction of sp³-hybridized carbons (Fsp3) is 0.533. The average molecular weight is 417 g/mol. The van der Waals surface area contributed by atoms with Crippen LogP contribution in [0.25, 0.3) is 0 Å². The molecule has 1 fully saturated rings. The number of thioether (sulfide) groups is 1. The van der Waals surface area contributed by atoms with Gasteiger partial charge >= 0.3 is 0 Å². The molecule has 2 aromatic rings. The molecule has 3 rings (SSSR count). The van der Waals surface area contributed by atoms with Crippen LogP contribution in [0, 0.1) is 0 Å². The molecule has 0 saturated carbocycles. The summed E-state index contributed by atoms with van der Waals surface area (Å²) in [6, 6.07) is 3.44. The van der Waals surface area contributed by atoms with Crippen LogP contribution in [0.3, 0.4) is 0 Å². The zero-order chi connectivity index (χ0) is 18.7. The fourth-order valence-electron chi connectivity index (χ4n) is 2.65. The highest BCUT2D eigenvalue weighted by Gasteiger charge is 2.34. The van der Waals surface area contributed by atoms with Crippen molar-refractivity contribution >= 4 is 44.0 Å². The molecular formula is C15H20N4O4S3. The van der Waals surface area contributed by atoms with Crippen LogP contribution in [0.15, 0.2) is 27.2 Å². The highest BCUT2D eigenvalue weighted by atomic mass is 32.2. The summed E-state index contributed by atoms with van der Waals surface area (Å²) in [5.41, 5.74) is 0. The van der Waals surface area contributed by atoms with Gasteiger partial charge < -0.3 is 14.6 Å². The van der Waals surface area contributed by atoms with Gasteiger partial charge in [-0.25, -0.2) is 8.42 Å². The second-order valence-electron chi connectivity index (χ2n) is 6.07. The van der Waals surface area contributed by atoms with Crippen molar-refractivity contribution in [2.24, 2.45) is 0 Å². The van der Waals surface area contributed by atoms with Gasteiger partial charge in [-0.2, -0.15) is 0 Å². The summed E-state index contributed by atoms with van der Waals surface area (Å²) in [6.07, 6.45) is 2.11. The van der Waals surface area contributed by atoms with Crippen molar-refractivity contribution in [2.45, 2.75) is 35.5 Å². The van der Waals surface area contributed by atoms with E-state index in [9.17, 15) is 13.2 Å². The van der Waals surface area contributed by atoms with Crippen LogP contribution in [-0.2, 0) is 21.2 Å². The van der Waals surface area contributed by atoms with E-state index >= 15 is 0 Å². The predicted molar refractivity (Wildman–Crippen MR) is 101 cm³/mol. The lowest BCUT2D eigenvalue weighted by Gasteiger charge is -2.25. The summed E-state index contributed by atoms with van der Waals surface area (Å²) in [6.45, 7) is 2.31. The Hall–Kier alpha value is -1.59. The van der Waals surface area contributed by atoms with Crippen molar-refractivity contribution in [1.29, 1.82) is 0 Å². The van der Waals surface area contributed by atoms with E-state index in [1.165, 1.54) is 23.1 Å². The van der Waals surface area contributed by atoms with Crippen molar-refractivity contribution < 1.29 is 17.6 Å². The summed E-state index contributed by atoms with van der Waals surface area (Å²) < 4.78 is 29.1. The van der Waals surface area contributed by atoms with Gasteiger partial charge in [-0.1, -0.05) is 23.1 Å². The van der Waals surface area contributed by atoms with Gasteiger partial charge in [0.1, 0.15) is 5.76 Å². The van der Waals surface area contributed by atoms with E-state index in [4.69, 9.17) is 4.42 Å². The number of hydrogen-bond acceptors (Lipinski definition) is 9. The number of hydrogen-bond donors (Lipinski definition) is 1. The molecule has 0 aromatic carbocycles. The van der Waals surface area contributed by atoms with Gasteiger partial charge in [-0.3, -0.25) is 4.79 Å². The first-order valence-corrected chi connectivity index (χ1v) is 11.6. The number of carbonyl (C=O) groups is 1. The van der Waals surface area contributed by atoms with Crippen LogP contribution in [0.1, 0.15) is 19.1 Å². The number of carbonyl (C=O) groups excluding carboxylic acids is 1. The maximum atomic E-state index is 12.6. The number of aromatic nitrogens is 2. The standard InChI is InChI=1S/C15H20N4O4S3/c1-10(13(20)19(2)11-5-7-26(21,22)9-11)24-15-18-17-14(25-15)16-8-12-4-3-6-23-12/h3-4,6,10-11H,5,7-9H2,1-2H3,(H,16,17)/t10-,11-/m0/s1. The van der Waals surface area contributed by atoms with Crippen LogP contribution < -0.4 is 5.32 Å². The van der Waals surface area contributed by atoms with E-state index in [0.717, 1.165) is 5.76 Å². The third-order valence-electron chi connectivity index (χ3n) is 4.13. The number of rotatable bonds is 7. The maximum Gasteiger partial charge on any atom is 0.235 e. The highest BCUT2D eigenvalue weighted by Crippen LogP contribution is 2.30. The second kappa shape index (κ2) is 7.97.